The number of hydrogen-bond donors (Lipinski definition) is 2. The van der Waals surface area contributed by atoms with Gasteiger partial charge >= 0.3 is 5.97 Å². The number of nitrogens with one attached hydrogen (secondary N) is 1. The number of esters is 1. The molecule has 0 bridgehead atoms. The lowest BCUT2D eigenvalue weighted by Crippen LogP contribution is -2.30. The van der Waals surface area contributed by atoms with Crippen molar-refractivity contribution in [3.8, 4) is 6.07 Å². The van der Waals surface area contributed by atoms with E-state index in [2.05, 4.69) is 10.1 Å². The average Bonchev–Trinajstić information content (AvgIpc) is 2.36. The van der Waals surface area contributed by atoms with Crippen LogP contribution in [0.4, 0.5) is 5.69 Å². The quantitative estimate of drug-likeness (QED) is 0.792. The van der Waals surface area contributed by atoms with Crippen molar-refractivity contribution in [1.29, 1.82) is 5.26 Å². The third kappa shape index (κ3) is 3.91. The van der Waals surface area contributed by atoms with Crippen molar-refractivity contribution >= 4 is 23.3 Å². The highest BCUT2D eigenvalue weighted by molar-refractivity contribution is 6.32. The van der Waals surface area contributed by atoms with Gasteiger partial charge in [-0.05, 0) is 25.1 Å². The Morgan fingerprint density at radius 1 is 1.67 bits per heavy atom. The van der Waals surface area contributed by atoms with Crippen LogP contribution in [0.5, 0.6) is 0 Å². The van der Waals surface area contributed by atoms with Crippen molar-refractivity contribution in [3.63, 3.8) is 0 Å². The third-order valence-electron chi connectivity index (χ3n) is 2.15. The highest BCUT2D eigenvalue weighted by atomic mass is 35.5. The van der Waals surface area contributed by atoms with E-state index in [9.17, 15) is 9.90 Å². The summed E-state index contributed by atoms with van der Waals surface area (Å²) in [5, 5.41) is 21.3. The molecule has 0 spiro atoms. The summed E-state index contributed by atoms with van der Waals surface area (Å²) in [5.41, 5.74) is 0.982. The highest BCUT2D eigenvalue weighted by Crippen LogP contribution is 2.20. The fraction of sp³-hybridized carbons (Fsp3) is 0.333. The third-order valence-corrected chi connectivity index (χ3v) is 2.46. The van der Waals surface area contributed by atoms with Crippen molar-refractivity contribution in [2.75, 3.05) is 18.5 Å². The molecule has 5 nitrogen and oxygen atoms in total. The number of anilines is 1. The second kappa shape index (κ2) is 6.84. The van der Waals surface area contributed by atoms with Gasteiger partial charge in [-0.1, -0.05) is 11.6 Å². The maximum atomic E-state index is 11.2. The number of carbonyl (C=O) groups excluding carboxylic acids is 1. The monoisotopic (exact) mass is 268 g/mol. The van der Waals surface area contributed by atoms with Crippen molar-refractivity contribution in [1.82, 2.24) is 0 Å². The SMILES string of the molecule is CCOC(=O)C(O)CNc1ccc(C#N)c(Cl)c1. The summed E-state index contributed by atoms with van der Waals surface area (Å²) in [6, 6.07) is 6.69. The lowest BCUT2D eigenvalue weighted by molar-refractivity contribution is -0.152. The van der Waals surface area contributed by atoms with Crippen LogP contribution in [0, 0.1) is 11.3 Å². The number of benzene rings is 1. The molecule has 0 radical (unpaired) electrons. The van der Waals surface area contributed by atoms with Crippen LogP contribution in [0.2, 0.25) is 5.02 Å². The summed E-state index contributed by atoms with van der Waals surface area (Å²) < 4.78 is 4.65. The van der Waals surface area contributed by atoms with Crippen LogP contribution < -0.4 is 5.32 Å². The van der Waals surface area contributed by atoms with Gasteiger partial charge < -0.3 is 15.2 Å². The minimum atomic E-state index is -1.24. The predicted octanol–water partition coefficient (Wildman–Crippen LogP) is 1.55. The van der Waals surface area contributed by atoms with E-state index < -0.39 is 12.1 Å². The fourth-order valence-electron chi connectivity index (χ4n) is 1.25. The molecule has 0 aliphatic carbocycles. The van der Waals surface area contributed by atoms with Crippen LogP contribution in [0.1, 0.15) is 12.5 Å². The van der Waals surface area contributed by atoms with E-state index in [1.165, 1.54) is 0 Å². The van der Waals surface area contributed by atoms with Crippen LogP contribution in [-0.2, 0) is 9.53 Å². The van der Waals surface area contributed by atoms with Gasteiger partial charge in [0.1, 0.15) is 6.07 Å². The molecule has 0 aromatic heterocycles. The molecule has 0 aliphatic rings. The van der Waals surface area contributed by atoms with Gasteiger partial charge in [0.25, 0.3) is 0 Å². The molecule has 2 N–H and O–H groups in total. The smallest absolute Gasteiger partial charge is 0.336 e. The van der Waals surface area contributed by atoms with Crippen molar-refractivity contribution in [2.45, 2.75) is 13.0 Å². The van der Waals surface area contributed by atoms with E-state index in [1.807, 2.05) is 6.07 Å². The van der Waals surface area contributed by atoms with Crippen LogP contribution in [-0.4, -0.2) is 30.3 Å². The summed E-state index contributed by atoms with van der Waals surface area (Å²) in [5.74, 6) is -0.676. The van der Waals surface area contributed by atoms with Crippen LogP contribution in [0.3, 0.4) is 0 Å². The molecule has 1 unspecified atom stereocenters. The Bertz CT molecular complexity index is 471. The Kier molecular flexibility index (Phi) is 5.43. The molecule has 0 fully saturated rings. The lowest BCUT2D eigenvalue weighted by atomic mass is 10.2. The van der Waals surface area contributed by atoms with Gasteiger partial charge in [-0.25, -0.2) is 4.79 Å². The Hall–Kier alpha value is -1.77. The topological polar surface area (TPSA) is 82.3 Å². The maximum Gasteiger partial charge on any atom is 0.336 e. The first-order valence-electron chi connectivity index (χ1n) is 5.36. The number of ether oxygens (including phenoxy) is 1. The van der Waals surface area contributed by atoms with Gasteiger partial charge in [0, 0.05) is 5.69 Å². The van der Waals surface area contributed by atoms with Crippen LogP contribution in [0.25, 0.3) is 0 Å². The van der Waals surface area contributed by atoms with Crippen LogP contribution in [0.15, 0.2) is 18.2 Å². The number of nitriles is 1. The molecule has 0 heterocycles. The molecule has 0 amide bonds. The van der Waals surface area contributed by atoms with E-state index in [4.69, 9.17) is 16.9 Å². The van der Waals surface area contributed by atoms with Gasteiger partial charge in [-0.3, -0.25) is 0 Å². The van der Waals surface area contributed by atoms with Gasteiger partial charge in [0.2, 0.25) is 0 Å². The first kappa shape index (κ1) is 14.3. The van der Waals surface area contributed by atoms with Crippen molar-refractivity contribution < 1.29 is 14.6 Å². The summed E-state index contributed by atoms with van der Waals surface area (Å²) in [6.07, 6.45) is -1.24. The summed E-state index contributed by atoms with van der Waals surface area (Å²) >= 11 is 5.84. The van der Waals surface area contributed by atoms with E-state index >= 15 is 0 Å². The summed E-state index contributed by atoms with van der Waals surface area (Å²) in [4.78, 5) is 11.2. The molecule has 0 saturated heterocycles. The second-order valence-electron chi connectivity index (χ2n) is 3.46. The second-order valence-corrected chi connectivity index (χ2v) is 3.86. The van der Waals surface area contributed by atoms with Gasteiger partial charge in [-0.2, -0.15) is 5.26 Å². The Balaban J connectivity index is 2.56. The Morgan fingerprint density at radius 2 is 2.39 bits per heavy atom. The molecular weight excluding hydrogens is 256 g/mol. The molecule has 1 aromatic rings. The van der Waals surface area contributed by atoms with E-state index in [0.717, 1.165) is 0 Å². The first-order valence-corrected chi connectivity index (χ1v) is 5.74. The van der Waals surface area contributed by atoms with E-state index in [0.29, 0.717) is 16.3 Å². The normalized spacial score (nSPS) is 11.4. The lowest BCUT2D eigenvalue weighted by Gasteiger charge is -2.12. The zero-order valence-corrected chi connectivity index (χ0v) is 10.6. The zero-order chi connectivity index (χ0) is 13.5. The molecule has 1 aromatic carbocycles. The number of nitrogens with zero attached hydrogens (tertiary/aromatic N) is 1. The number of halogens is 1. The molecule has 6 heteroatoms. The molecule has 0 saturated carbocycles. The van der Waals surface area contributed by atoms with Gasteiger partial charge in [-0.15, -0.1) is 0 Å². The Morgan fingerprint density at radius 3 is 2.94 bits per heavy atom. The van der Waals surface area contributed by atoms with Crippen molar-refractivity contribution in [3.05, 3.63) is 28.8 Å². The molecule has 1 atom stereocenters. The predicted molar refractivity (Wildman–Crippen MR) is 67.3 cm³/mol. The van der Waals surface area contributed by atoms with E-state index in [-0.39, 0.29) is 13.2 Å². The molecule has 96 valence electrons. The molecule has 1 rings (SSSR count). The first-order chi connectivity index (χ1) is 8.58. The standard InChI is InChI=1S/C12H13ClN2O3/c1-2-18-12(17)11(16)7-15-9-4-3-8(6-14)10(13)5-9/h3-5,11,15-16H,2,7H2,1H3. The number of hydrogen-bond acceptors (Lipinski definition) is 5. The molecule has 0 aliphatic heterocycles. The average molecular weight is 269 g/mol. The van der Waals surface area contributed by atoms with Gasteiger partial charge in [0.05, 0.1) is 23.7 Å². The van der Waals surface area contributed by atoms with E-state index in [1.54, 1.807) is 25.1 Å². The minimum absolute atomic E-state index is 0.0149. The number of aliphatic hydroxyl groups excluding tert-OH is 1. The zero-order valence-electron chi connectivity index (χ0n) is 9.81. The van der Waals surface area contributed by atoms with Crippen LogP contribution >= 0.6 is 11.6 Å². The molecule has 18 heavy (non-hydrogen) atoms. The number of rotatable bonds is 5. The van der Waals surface area contributed by atoms with Crippen molar-refractivity contribution in [2.24, 2.45) is 0 Å². The minimum Gasteiger partial charge on any atom is -0.464 e. The number of aliphatic hydroxyl groups is 1. The highest BCUT2D eigenvalue weighted by Gasteiger charge is 2.15. The Labute approximate surface area is 110 Å². The summed E-state index contributed by atoms with van der Waals surface area (Å²) in [7, 11) is 0. The number of carbonyl (C=O) groups is 1. The molecular formula is C12H13ClN2O3. The largest absolute Gasteiger partial charge is 0.464 e. The maximum absolute atomic E-state index is 11.2. The summed E-state index contributed by atoms with van der Waals surface area (Å²) in [6.45, 7) is 1.90. The fourth-order valence-corrected chi connectivity index (χ4v) is 1.47. The van der Waals surface area contributed by atoms with Gasteiger partial charge in [0.15, 0.2) is 6.10 Å².